The maximum Gasteiger partial charge on any atom is 0.243 e. The summed E-state index contributed by atoms with van der Waals surface area (Å²) in [5.41, 5.74) is 6.93. The third-order valence-electron chi connectivity index (χ3n) is 2.61. The zero-order valence-corrected chi connectivity index (χ0v) is 10.8. The third-order valence-corrected chi connectivity index (χ3v) is 2.61. The van der Waals surface area contributed by atoms with Crippen molar-refractivity contribution in [2.24, 2.45) is 10.9 Å². The van der Waals surface area contributed by atoms with Gasteiger partial charge in [0, 0.05) is 24.8 Å². The van der Waals surface area contributed by atoms with Crippen LogP contribution in [-0.4, -0.2) is 32.6 Å². The first-order valence-corrected chi connectivity index (χ1v) is 6.12. The highest BCUT2D eigenvalue weighted by molar-refractivity contribution is 5.97. The van der Waals surface area contributed by atoms with E-state index in [0.29, 0.717) is 6.61 Å². The number of amidine groups is 1. The summed E-state index contributed by atoms with van der Waals surface area (Å²) in [4.78, 5) is 12.0. The Morgan fingerprint density at radius 3 is 2.70 bits per heavy atom. The van der Waals surface area contributed by atoms with Crippen LogP contribution in [-0.2, 0) is 6.42 Å². The molecule has 2 heterocycles. The lowest BCUT2D eigenvalue weighted by molar-refractivity contribution is 0.295. The molecule has 7 heteroatoms. The van der Waals surface area contributed by atoms with Crippen LogP contribution >= 0.6 is 0 Å². The van der Waals surface area contributed by atoms with Crippen LogP contribution < -0.4 is 10.5 Å². The van der Waals surface area contributed by atoms with Crippen molar-refractivity contribution in [3.8, 4) is 5.88 Å². The van der Waals surface area contributed by atoms with Crippen LogP contribution in [0, 0.1) is 0 Å². The third kappa shape index (κ3) is 3.64. The minimum Gasteiger partial charge on any atom is -0.476 e. The Bertz CT molecular complexity index is 574. The Hall–Kier alpha value is -2.70. The van der Waals surface area contributed by atoms with E-state index >= 15 is 0 Å². The molecule has 0 aromatic carbocycles. The minimum atomic E-state index is -0.123. The topological polar surface area (TPSA) is 107 Å². The zero-order chi connectivity index (χ0) is 14.2. The quantitative estimate of drug-likeness (QED) is 0.267. The number of aryl methyl sites for hydroxylation is 1. The number of nitrogens with zero attached hydrogens (tertiary/aromatic N) is 4. The fraction of sp³-hybridized carbons (Fsp3) is 0.231. The van der Waals surface area contributed by atoms with Gasteiger partial charge >= 0.3 is 0 Å². The van der Waals surface area contributed by atoms with Crippen molar-refractivity contribution >= 4 is 5.84 Å². The number of pyridine rings is 1. The first-order valence-electron chi connectivity index (χ1n) is 6.12. The van der Waals surface area contributed by atoms with E-state index in [0.717, 1.165) is 12.8 Å². The second kappa shape index (κ2) is 7.03. The first kappa shape index (κ1) is 13.7. The SMILES string of the molecule is NC(=NO)c1nccnc1OCCCc1ccncc1. The van der Waals surface area contributed by atoms with Crippen LogP contribution in [0.5, 0.6) is 5.88 Å². The Kier molecular flexibility index (Phi) is 4.82. The highest BCUT2D eigenvalue weighted by Crippen LogP contribution is 2.11. The average Bonchev–Trinajstić information content (AvgIpc) is 2.52. The first-order chi connectivity index (χ1) is 9.81. The Morgan fingerprint density at radius 2 is 1.95 bits per heavy atom. The van der Waals surface area contributed by atoms with Crippen molar-refractivity contribution in [2.75, 3.05) is 6.61 Å². The highest BCUT2D eigenvalue weighted by atomic mass is 16.5. The molecule has 0 fully saturated rings. The fourth-order valence-electron chi connectivity index (χ4n) is 1.65. The van der Waals surface area contributed by atoms with Gasteiger partial charge in [-0.3, -0.25) is 4.98 Å². The van der Waals surface area contributed by atoms with Crippen molar-refractivity contribution < 1.29 is 9.94 Å². The molecule has 2 rings (SSSR count). The molecule has 2 aromatic heterocycles. The van der Waals surface area contributed by atoms with E-state index in [4.69, 9.17) is 15.7 Å². The minimum absolute atomic E-state index is 0.123. The number of ether oxygens (including phenoxy) is 1. The molecule has 0 unspecified atom stereocenters. The van der Waals surface area contributed by atoms with Gasteiger partial charge in [0.15, 0.2) is 11.5 Å². The number of hydrogen-bond acceptors (Lipinski definition) is 6. The highest BCUT2D eigenvalue weighted by Gasteiger charge is 2.10. The van der Waals surface area contributed by atoms with Gasteiger partial charge in [0.2, 0.25) is 5.88 Å². The summed E-state index contributed by atoms with van der Waals surface area (Å²) in [5, 5.41) is 11.6. The smallest absolute Gasteiger partial charge is 0.243 e. The number of rotatable bonds is 6. The van der Waals surface area contributed by atoms with Gasteiger partial charge in [-0.15, -0.1) is 0 Å². The zero-order valence-electron chi connectivity index (χ0n) is 10.8. The molecule has 0 aliphatic heterocycles. The number of nitrogens with two attached hydrogens (primary N) is 1. The van der Waals surface area contributed by atoms with Gasteiger partial charge in [-0.05, 0) is 30.5 Å². The lowest BCUT2D eigenvalue weighted by atomic mass is 10.1. The Labute approximate surface area is 116 Å². The van der Waals surface area contributed by atoms with Crippen LogP contribution in [0.3, 0.4) is 0 Å². The molecular formula is C13H15N5O2. The van der Waals surface area contributed by atoms with Gasteiger partial charge in [0.1, 0.15) is 0 Å². The molecule has 0 bridgehead atoms. The van der Waals surface area contributed by atoms with Crippen LogP contribution in [0.1, 0.15) is 17.7 Å². The molecule has 0 saturated heterocycles. The summed E-state index contributed by atoms with van der Waals surface area (Å²) in [7, 11) is 0. The van der Waals surface area contributed by atoms with E-state index in [1.165, 1.54) is 18.0 Å². The maximum atomic E-state index is 8.67. The van der Waals surface area contributed by atoms with Gasteiger partial charge in [0.25, 0.3) is 0 Å². The molecule has 0 aliphatic rings. The number of aromatic nitrogens is 3. The average molecular weight is 273 g/mol. The van der Waals surface area contributed by atoms with Gasteiger partial charge in [-0.25, -0.2) is 9.97 Å². The Morgan fingerprint density at radius 1 is 1.20 bits per heavy atom. The predicted octanol–water partition coefficient (Wildman–Crippen LogP) is 0.978. The van der Waals surface area contributed by atoms with Crippen molar-refractivity contribution in [2.45, 2.75) is 12.8 Å². The molecule has 0 spiro atoms. The van der Waals surface area contributed by atoms with E-state index in [1.807, 2.05) is 12.1 Å². The van der Waals surface area contributed by atoms with Crippen molar-refractivity contribution in [1.29, 1.82) is 0 Å². The van der Waals surface area contributed by atoms with Crippen molar-refractivity contribution in [1.82, 2.24) is 15.0 Å². The van der Waals surface area contributed by atoms with Crippen LogP contribution in [0.2, 0.25) is 0 Å². The summed E-state index contributed by atoms with van der Waals surface area (Å²) in [6, 6.07) is 3.92. The van der Waals surface area contributed by atoms with E-state index < -0.39 is 0 Å². The predicted molar refractivity (Wildman–Crippen MR) is 72.6 cm³/mol. The molecule has 0 amide bonds. The van der Waals surface area contributed by atoms with Crippen molar-refractivity contribution in [3.05, 3.63) is 48.2 Å². The van der Waals surface area contributed by atoms with Crippen molar-refractivity contribution in [3.63, 3.8) is 0 Å². The van der Waals surface area contributed by atoms with E-state index in [2.05, 4.69) is 20.1 Å². The molecule has 104 valence electrons. The van der Waals surface area contributed by atoms with Crippen LogP contribution in [0.4, 0.5) is 0 Å². The monoisotopic (exact) mass is 273 g/mol. The molecule has 0 radical (unpaired) electrons. The van der Waals surface area contributed by atoms with Gasteiger partial charge in [0.05, 0.1) is 6.61 Å². The van der Waals surface area contributed by atoms with Gasteiger partial charge in [-0.1, -0.05) is 5.16 Å². The lowest BCUT2D eigenvalue weighted by Crippen LogP contribution is -2.17. The second-order valence-electron chi connectivity index (χ2n) is 4.00. The summed E-state index contributed by atoms with van der Waals surface area (Å²) >= 11 is 0. The standard InChI is InChI=1S/C13H15N5O2/c14-12(18-19)11-13(17-8-7-16-11)20-9-1-2-10-3-5-15-6-4-10/h3-8,19H,1-2,9H2,(H2,14,18). The molecule has 20 heavy (non-hydrogen) atoms. The van der Waals surface area contributed by atoms with E-state index in [9.17, 15) is 0 Å². The molecular weight excluding hydrogens is 258 g/mol. The number of hydrogen-bond donors (Lipinski definition) is 2. The second-order valence-corrected chi connectivity index (χ2v) is 4.00. The molecule has 0 atom stereocenters. The van der Waals surface area contributed by atoms with E-state index in [-0.39, 0.29) is 17.4 Å². The van der Waals surface area contributed by atoms with Gasteiger partial charge < -0.3 is 15.7 Å². The summed E-state index contributed by atoms with van der Waals surface area (Å²) in [5.74, 6) is 0.139. The van der Waals surface area contributed by atoms with Crippen LogP contribution in [0.15, 0.2) is 42.1 Å². The molecule has 7 nitrogen and oxygen atoms in total. The largest absolute Gasteiger partial charge is 0.476 e. The molecule has 2 aromatic rings. The number of oxime groups is 1. The fourth-order valence-corrected chi connectivity index (χ4v) is 1.65. The van der Waals surface area contributed by atoms with Crippen LogP contribution in [0.25, 0.3) is 0 Å². The summed E-state index contributed by atoms with van der Waals surface area (Å²) < 4.78 is 5.52. The maximum absolute atomic E-state index is 8.67. The molecule has 3 N–H and O–H groups in total. The van der Waals surface area contributed by atoms with E-state index in [1.54, 1.807) is 12.4 Å². The summed E-state index contributed by atoms with van der Waals surface area (Å²) in [6.45, 7) is 0.465. The molecule has 0 aliphatic carbocycles. The lowest BCUT2D eigenvalue weighted by Gasteiger charge is -2.08. The normalized spacial score (nSPS) is 11.3. The Balaban J connectivity index is 1.88. The summed E-state index contributed by atoms with van der Waals surface area (Å²) in [6.07, 6.45) is 8.16. The molecule has 0 saturated carbocycles. The van der Waals surface area contributed by atoms with Gasteiger partial charge in [-0.2, -0.15) is 0 Å².